The van der Waals surface area contributed by atoms with E-state index >= 15 is 0 Å². The lowest BCUT2D eigenvalue weighted by Crippen LogP contribution is -1.99. The van der Waals surface area contributed by atoms with Crippen LogP contribution in [0.5, 0.6) is 0 Å². The first kappa shape index (κ1) is 7.70. The van der Waals surface area contributed by atoms with Gasteiger partial charge in [-0.1, -0.05) is 6.08 Å². The molecule has 0 aromatic carbocycles. The van der Waals surface area contributed by atoms with E-state index < -0.39 is 0 Å². The van der Waals surface area contributed by atoms with Crippen molar-refractivity contribution in [2.75, 3.05) is 0 Å². The molecule has 1 unspecified atom stereocenters. The molecule has 47 valence electrons. The maximum atomic E-state index is 8.86. The van der Waals surface area contributed by atoms with Gasteiger partial charge in [0.25, 0.3) is 0 Å². The van der Waals surface area contributed by atoms with Gasteiger partial charge in [0.15, 0.2) is 0 Å². The van der Waals surface area contributed by atoms with Crippen LogP contribution in [0.25, 0.3) is 0 Å². The molecule has 1 atom stereocenters. The quantitative estimate of drug-likeness (QED) is 0.538. The van der Waals surface area contributed by atoms with E-state index in [1.807, 2.05) is 13.0 Å². The first-order valence-electron chi connectivity index (χ1n) is 2.82. The van der Waals surface area contributed by atoms with Crippen LogP contribution in [-0.2, 0) is 0 Å². The van der Waals surface area contributed by atoms with Crippen LogP contribution in [0.1, 0.15) is 20.3 Å². The van der Waals surface area contributed by atoms with Gasteiger partial charge in [-0.05, 0) is 32.8 Å². The lowest BCUT2D eigenvalue weighted by atomic mass is 10.2. The molecule has 0 aromatic heterocycles. The van der Waals surface area contributed by atoms with Crippen molar-refractivity contribution in [3.8, 4) is 0 Å². The number of hydrogen-bond donors (Lipinski definition) is 1. The topological polar surface area (TPSA) is 20.2 Å². The molecule has 0 saturated carbocycles. The average Bonchev–Trinajstić information content (AvgIpc) is 1.67. The monoisotopic (exact) mass is 113 g/mol. The van der Waals surface area contributed by atoms with Crippen molar-refractivity contribution in [2.24, 2.45) is 0 Å². The Hall–Kier alpha value is -0.300. The number of allylic oxidation sites excluding steroid dienone is 1. The summed E-state index contributed by atoms with van der Waals surface area (Å²) >= 11 is 0. The van der Waals surface area contributed by atoms with Gasteiger partial charge >= 0.3 is 0 Å². The van der Waals surface area contributed by atoms with Crippen LogP contribution >= 0.6 is 0 Å². The van der Waals surface area contributed by atoms with Crippen molar-refractivity contribution < 1.29 is 5.11 Å². The fourth-order valence-electron chi connectivity index (χ4n) is 0.398. The minimum Gasteiger partial charge on any atom is -0.389 e. The number of hydrogen-bond acceptors (Lipinski definition) is 1. The highest BCUT2D eigenvalue weighted by atomic mass is 16.3. The molecule has 1 radical (unpaired) electrons. The molecule has 0 spiro atoms. The molecule has 0 bridgehead atoms. The Morgan fingerprint density at radius 1 is 1.88 bits per heavy atom. The summed E-state index contributed by atoms with van der Waals surface area (Å²) in [6.45, 7) is 7.27. The SMILES string of the molecule is [CH2]C/C=C(\C)C(C)O. The molecule has 0 heterocycles. The van der Waals surface area contributed by atoms with Crippen molar-refractivity contribution >= 4 is 0 Å². The van der Waals surface area contributed by atoms with E-state index in [2.05, 4.69) is 6.92 Å². The van der Waals surface area contributed by atoms with Gasteiger partial charge in [0, 0.05) is 0 Å². The lowest BCUT2D eigenvalue weighted by molar-refractivity contribution is 0.231. The third-order valence-electron chi connectivity index (χ3n) is 1.13. The van der Waals surface area contributed by atoms with Gasteiger partial charge in [-0.3, -0.25) is 0 Å². The van der Waals surface area contributed by atoms with E-state index in [0.717, 1.165) is 12.0 Å². The van der Waals surface area contributed by atoms with E-state index in [9.17, 15) is 0 Å². The maximum absolute atomic E-state index is 8.86. The first-order valence-corrected chi connectivity index (χ1v) is 2.82. The molecule has 0 rings (SSSR count). The highest BCUT2D eigenvalue weighted by Crippen LogP contribution is 1.99. The highest BCUT2D eigenvalue weighted by molar-refractivity contribution is 5.02. The summed E-state index contributed by atoms with van der Waals surface area (Å²) in [7, 11) is 0. The van der Waals surface area contributed by atoms with Crippen molar-refractivity contribution in [1.29, 1.82) is 0 Å². The largest absolute Gasteiger partial charge is 0.389 e. The fourth-order valence-corrected chi connectivity index (χ4v) is 0.398. The summed E-state index contributed by atoms with van der Waals surface area (Å²) in [4.78, 5) is 0. The molecule has 0 aromatic rings. The third-order valence-corrected chi connectivity index (χ3v) is 1.13. The van der Waals surface area contributed by atoms with Crippen LogP contribution in [0.4, 0.5) is 0 Å². The summed E-state index contributed by atoms with van der Waals surface area (Å²) in [6, 6.07) is 0. The molecule has 1 N–H and O–H groups in total. The maximum Gasteiger partial charge on any atom is 0.0719 e. The zero-order valence-corrected chi connectivity index (χ0v) is 5.52. The van der Waals surface area contributed by atoms with Crippen LogP contribution in [0.2, 0.25) is 0 Å². The molecular weight excluding hydrogens is 100 g/mol. The number of aliphatic hydroxyl groups is 1. The van der Waals surface area contributed by atoms with Gasteiger partial charge in [-0.2, -0.15) is 0 Å². The van der Waals surface area contributed by atoms with Gasteiger partial charge in [0.05, 0.1) is 6.10 Å². The normalized spacial score (nSPS) is 16.2. The second kappa shape index (κ2) is 3.67. The van der Waals surface area contributed by atoms with Crippen LogP contribution < -0.4 is 0 Å². The van der Waals surface area contributed by atoms with Crippen LogP contribution in [0.3, 0.4) is 0 Å². The minimum atomic E-state index is -0.309. The van der Waals surface area contributed by atoms with E-state index in [1.165, 1.54) is 0 Å². The molecule has 0 aliphatic carbocycles. The molecule has 0 aliphatic heterocycles. The van der Waals surface area contributed by atoms with Crippen molar-refractivity contribution in [3.05, 3.63) is 18.6 Å². The smallest absolute Gasteiger partial charge is 0.0719 e. The van der Waals surface area contributed by atoms with Crippen LogP contribution in [0.15, 0.2) is 11.6 Å². The Morgan fingerprint density at radius 3 is 2.50 bits per heavy atom. The van der Waals surface area contributed by atoms with Crippen molar-refractivity contribution in [1.82, 2.24) is 0 Å². The van der Waals surface area contributed by atoms with Crippen molar-refractivity contribution in [2.45, 2.75) is 26.4 Å². The Labute approximate surface area is 51.0 Å². The van der Waals surface area contributed by atoms with Crippen molar-refractivity contribution in [3.63, 3.8) is 0 Å². The Balaban J connectivity index is 3.61. The molecule has 0 fully saturated rings. The van der Waals surface area contributed by atoms with Crippen LogP contribution in [0, 0.1) is 6.92 Å². The molecule has 1 nitrogen and oxygen atoms in total. The van der Waals surface area contributed by atoms with Gasteiger partial charge in [-0.15, -0.1) is 0 Å². The summed E-state index contributed by atoms with van der Waals surface area (Å²) in [5.41, 5.74) is 1.00. The third kappa shape index (κ3) is 2.80. The molecule has 0 aliphatic rings. The first-order chi connectivity index (χ1) is 3.68. The van der Waals surface area contributed by atoms with Gasteiger partial charge < -0.3 is 5.11 Å². The Bertz CT molecular complexity index is 82.4. The molecule has 0 amide bonds. The zero-order chi connectivity index (χ0) is 6.57. The fraction of sp³-hybridized carbons (Fsp3) is 0.571. The average molecular weight is 113 g/mol. The summed E-state index contributed by atoms with van der Waals surface area (Å²) in [5, 5.41) is 8.86. The highest BCUT2D eigenvalue weighted by Gasteiger charge is 1.93. The number of aliphatic hydroxyl groups excluding tert-OH is 1. The molecule has 1 heteroatoms. The number of rotatable bonds is 2. The molecule has 8 heavy (non-hydrogen) atoms. The Morgan fingerprint density at radius 2 is 2.38 bits per heavy atom. The van der Waals surface area contributed by atoms with Crippen LogP contribution in [-0.4, -0.2) is 11.2 Å². The molecular formula is C7H13O. The van der Waals surface area contributed by atoms with Gasteiger partial charge in [-0.25, -0.2) is 0 Å². The van der Waals surface area contributed by atoms with E-state index in [-0.39, 0.29) is 6.10 Å². The predicted molar refractivity (Wildman–Crippen MR) is 35.4 cm³/mol. The summed E-state index contributed by atoms with van der Waals surface area (Å²) in [6.07, 6.45) is 2.37. The summed E-state index contributed by atoms with van der Waals surface area (Å²) < 4.78 is 0. The van der Waals surface area contributed by atoms with E-state index in [0.29, 0.717) is 0 Å². The molecule has 0 saturated heterocycles. The second-order valence-corrected chi connectivity index (χ2v) is 1.91. The van der Waals surface area contributed by atoms with Gasteiger partial charge in [0.1, 0.15) is 0 Å². The van der Waals surface area contributed by atoms with E-state index in [4.69, 9.17) is 5.11 Å². The lowest BCUT2D eigenvalue weighted by Gasteiger charge is -2.01. The second-order valence-electron chi connectivity index (χ2n) is 1.91. The van der Waals surface area contributed by atoms with Gasteiger partial charge in [0.2, 0.25) is 0 Å². The Kier molecular flexibility index (Phi) is 3.53. The zero-order valence-electron chi connectivity index (χ0n) is 5.52. The summed E-state index contributed by atoms with van der Waals surface area (Å²) in [5.74, 6) is 0. The minimum absolute atomic E-state index is 0.309. The standard InChI is InChI=1S/C7H13O/c1-4-5-6(2)7(3)8/h5,7-8H,1,4H2,2-3H3/b6-5+. The van der Waals surface area contributed by atoms with E-state index in [1.54, 1.807) is 6.92 Å². The predicted octanol–water partition coefficient (Wildman–Crippen LogP) is 1.54.